The van der Waals surface area contributed by atoms with Gasteiger partial charge in [0.25, 0.3) is 5.56 Å². The minimum atomic E-state index is -0.321. The van der Waals surface area contributed by atoms with Gasteiger partial charge < -0.3 is 9.72 Å². The highest BCUT2D eigenvalue weighted by atomic mass is 16.5. The predicted octanol–water partition coefficient (Wildman–Crippen LogP) is 4.35. The summed E-state index contributed by atoms with van der Waals surface area (Å²) in [6.45, 7) is 7.30. The van der Waals surface area contributed by atoms with Gasteiger partial charge in [0.05, 0.1) is 18.2 Å². The van der Waals surface area contributed by atoms with Crippen LogP contribution in [0.1, 0.15) is 59.8 Å². The standard InChI is InChI=1S/C30H36N6O2/c1-20-15-21(2)27-24(16-20)18-26(30(37)31-27)28(29-32-33-34-36(29)19-25-9-6-14-38-25)35-12-10-23(11-13-35)17-22-7-4-3-5-8-22/h3-5,7-8,15-16,18,23,25,28H,6,9-14,17,19H2,1-2H3,(H,31,37)/t25-,28+/m0/s1. The van der Waals surface area contributed by atoms with E-state index in [1.54, 1.807) is 0 Å². The number of aromatic nitrogens is 5. The number of rotatable bonds is 7. The number of pyridine rings is 1. The smallest absolute Gasteiger partial charge is 0.253 e. The van der Waals surface area contributed by atoms with Crippen LogP contribution in [0.4, 0.5) is 0 Å². The highest BCUT2D eigenvalue weighted by molar-refractivity contribution is 5.83. The summed E-state index contributed by atoms with van der Waals surface area (Å²) in [6, 6.07) is 16.7. The fraction of sp³-hybridized carbons (Fsp3) is 0.467. The Morgan fingerprint density at radius 2 is 1.89 bits per heavy atom. The molecule has 38 heavy (non-hydrogen) atoms. The van der Waals surface area contributed by atoms with E-state index in [0.29, 0.717) is 18.0 Å². The topological polar surface area (TPSA) is 88.9 Å². The van der Waals surface area contributed by atoms with Crippen molar-refractivity contribution in [2.24, 2.45) is 5.92 Å². The van der Waals surface area contributed by atoms with Crippen molar-refractivity contribution in [3.8, 4) is 0 Å². The van der Waals surface area contributed by atoms with E-state index < -0.39 is 0 Å². The fourth-order valence-corrected chi connectivity index (χ4v) is 6.29. The van der Waals surface area contributed by atoms with Gasteiger partial charge in [0.15, 0.2) is 5.82 Å². The van der Waals surface area contributed by atoms with Crippen molar-refractivity contribution in [1.82, 2.24) is 30.1 Å². The normalized spacial score (nSPS) is 19.8. The van der Waals surface area contributed by atoms with Crippen molar-refractivity contribution < 1.29 is 4.74 Å². The number of aryl methyl sites for hydroxylation is 2. The average Bonchev–Trinajstić information content (AvgIpc) is 3.60. The third-order valence-corrected chi connectivity index (χ3v) is 8.20. The molecule has 0 saturated carbocycles. The van der Waals surface area contributed by atoms with Gasteiger partial charge in [-0.05, 0) is 104 Å². The van der Waals surface area contributed by atoms with Crippen molar-refractivity contribution in [1.29, 1.82) is 0 Å². The number of ether oxygens (including phenoxy) is 1. The van der Waals surface area contributed by atoms with Gasteiger partial charge >= 0.3 is 0 Å². The van der Waals surface area contributed by atoms with Crippen LogP contribution in [-0.4, -0.2) is 55.9 Å². The van der Waals surface area contributed by atoms with Crippen LogP contribution in [0, 0.1) is 19.8 Å². The Kier molecular flexibility index (Phi) is 7.08. The summed E-state index contributed by atoms with van der Waals surface area (Å²) in [4.78, 5) is 19.2. The first-order valence-corrected chi connectivity index (χ1v) is 13.8. The Morgan fingerprint density at radius 1 is 1.08 bits per heavy atom. The van der Waals surface area contributed by atoms with Crippen LogP contribution in [0.2, 0.25) is 0 Å². The highest BCUT2D eigenvalue weighted by Crippen LogP contribution is 2.33. The van der Waals surface area contributed by atoms with E-state index >= 15 is 0 Å². The maximum atomic E-state index is 13.6. The zero-order valence-electron chi connectivity index (χ0n) is 22.3. The van der Waals surface area contributed by atoms with Crippen LogP contribution >= 0.6 is 0 Å². The Labute approximate surface area is 223 Å². The molecule has 4 heterocycles. The van der Waals surface area contributed by atoms with E-state index in [1.807, 2.05) is 11.6 Å². The van der Waals surface area contributed by atoms with Crippen molar-refractivity contribution in [3.05, 3.63) is 87.0 Å². The predicted molar refractivity (Wildman–Crippen MR) is 147 cm³/mol. The van der Waals surface area contributed by atoms with Crippen LogP contribution in [0.5, 0.6) is 0 Å². The maximum Gasteiger partial charge on any atom is 0.253 e. The third-order valence-electron chi connectivity index (χ3n) is 8.20. The molecule has 2 aliphatic rings. The van der Waals surface area contributed by atoms with E-state index in [4.69, 9.17) is 4.74 Å². The molecule has 0 unspecified atom stereocenters. The van der Waals surface area contributed by atoms with E-state index in [2.05, 4.69) is 80.9 Å². The average molecular weight is 513 g/mol. The maximum absolute atomic E-state index is 13.6. The summed E-state index contributed by atoms with van der Waals surface area (Å²) in [5.74, 6) is 1.34. The van der Waals surface area contributed by atoms with Gasteiger partial charge in [0.2, 0.25) is 0 Å². The number of nitrogens with zero attached hydrogens (tertiary/aromatic N) is 5. The SMILES string of the molecule is Cc1cc(C)c2[nH]c(=O)c([C@H](c3nnnn3C[C@@H]3CCCO3)N3CCC(Cc4ccccc4)CC3)cc2c1. The van der Waals surface area contributed by atoms with E-state index in [-0.39, 0.29) is 17.7 Å². The number of benzene rings is 2. The highest BCUT2D eigenvalue weighted by Gasteiger charge is 2.34. The summed E-state index contributed by atoms with van der Waals surface area (Å²) in [5.41, 5.74) is 5.16. The van der Waals surface area contributed by atoms with E-state index in [9.17, 15) is 4.79 Å². The number of piperidine rings is 1. The van der Waals surface area contributed by atoms with Crippen molar-refractivity contribution in [2.75, 3.05) is 19.7 Å². The molecule has 8 heteroatoms. The van der Waals surface area contributed by atoms with Crippen molar-refractivity contribution in [2.45, 2.75) is 64.6 Å². The lowest BCUT2D eigenvalue weighted by molar-refractivity contribution is 0.0892. The molecule has 0 bridgehead atoms. The van der Waals surface area contributed by atoms with Crippen LogP contribution < -0.4 is 5.56 Å². The third kappa shape index (κ3) is 5.15. The quantitative estimate of drug-likeness (QED) is 0.396. The summed E-state index contributed by atoms with van der Waals surface area (Å²) in [7, 11) is 0. The second kappa shape index (κ2) is 10.8. The Morgan fingerprint density at radius 3 is 2.66 bits per heavy atom. The van der Waals surface area contributed by atoms with Gasteiger partial charge in [0.1, 0.15) is 6.04 Å². The lowest BCUT2D eigenvalue weighted by Crippen LogP contribution is -2.41. The molecule has 2 fully saturated rings. The molecule has 1 N–H and O–H groups in total. The zero-order chi connectivity index (χ0) is 26.1. The molecular weight excluding hydrogens is 476 g/mol. The number of aromatic amines is 1. The van der Waals surface area contributed by atoms with Gasteiger partial charge in [-0.25, -0.2) is 4.68 Å². The lowest BCUT2D eigenvalue weighted by atomic mass is 9.89. The van der Waals surface area contributed by atoms with Crippen molar-refractivity contribution in [3.63, 3.8) is 0 Å². The van der Waals surface area contributed by atoms with Crippen LogP contribution in [0.3, 0.4) is 0 Å². The van der Waals surface area contributed by atoms with Gasteiger partial charge in [-0.3, -0.25) is 9.69 Å². The molecule has 2 aromatic carbocycles. The van der Waals surface area contributed by atoms with Crippen LogP contribution in [0.25, 0.3) is 10.9 Å². The first-order valence-electron chi connectivity index (χ1n) is 13.8. The summed E-state index contributed by atoms with van der Waals surface area (Å²) < 4.78 is 7.76. The minimum absolute atomic E-state index is 0.0764. The molecule has 8 nitrogen and oxygen atoms in total. The molecule has 2 aromatic heterocycles. The zero-order valence-corrected chi connectivity index (χ0v) is 22.3. The summed E-state index contributed by atoms with van der Waals surface area (Å²) in [6.07, 6.45) is 5.40. The molecule has 4 aromatic rings. The van der Waals surface area contributed by atoms with Gasteiger partial charge in [-0.15, -0.1) is 5.10 Å². The Balaban J connectivity index is 1.34. The number of H-pyrrole nitrogens is 1. The molecule has 0 amide bonds. The Bertz CT molecular complexity index is 1450. The second-order valence-corrected chi connectivity index (χ2v) is 11.0. The molecule has 2 saturated heterocycles. The van der Waals surface area contributed by atoms with Crippen LogP contribution in [-0.2, 0) is 17.7 Å². The van der Waals surface area contributed by atoms with Crippen molar-refractivity contribution >= 4 is 10.9 Å². The van der Waals surface area contributed by atoms with Gasteiger partial charge in [0, 0.05) is 12.2 Å². The Hall–Kier alpha value is -3.36. The molecule has 198 valence electrons. The number of likely N-dealkylation sites (tertiary alicyclic amines) is 1. The number of tetrazole rings is 1. The number of hydrogen-bond donors (Lipinski definition) is 1. The van der Waals surface area contributed by atoms with Gasteiger partial charge in [-0.1, -0.05) is 42.0 Å². The minimum Gasteiger partial charge on any atom is -0.376 e. The van der Waals surface area contributed by atoms with Crippen LogP contribution in [0.15, 0.2) is 53.3 Å². The molecule has 6 rings (SSSR count). The number of fused-ring (bicyclic) bond motifs is 1. The summed E-state index contributed by atoms with van der Waals surface area (Å²) in [5, 5.41) is 14.0. The molecule has 0 aliphatic carbocycles. The first-order chi connectivity index (χ1) is 18.5. The van der Waals surface area contributed by atoms with Gasteiger partial charge in [-0.2, -0.15) is 0 Å². The number of nitrogens with one attached hydrogen (secondary N) is 1. The summed E-state index contributed by atoms with van der Waals surface area (Å²) >= 11 is 0. The largest absolute Gasteiger partial charge is 0.376 e. The number of hydrogen-bond acceptors (Lipinski definition) is 6. The monoisotopic (exact) mass is 512 g/mol. The molecule has 2 atom stereocenters. The second-order valence-electron chi connectivity index (χ2n) is 11.0. The lowest BCUT2D eigenvalue weighted by Gasteiger charge is -2.37. The van der Waals surface area contributed by atoms with E-state index in [1.165, 1.54) is 11.1 Å². The first kappa shape index (κ1) is 24.9. The molecule has 0 spiro atoms. The fourth-order valence-electron chi connectivity index (χ4n) is 6.29. The van der Waals surface area contributed by atoms with E-state index in [0.717, 1.165) is 74.1 Å². The molecule has 2 aliphatic heterocycles. The molecular formula is C30H36N6O2. The molecule has 0 radical (unpaired) electrons.